The number of hydrogen-bond donors (Lipinski definition) is 3. The second-order valence-electron chi connectivity index (χ2n) is 8.51. The van der Waals surface area contributed by atoms with Gasteiger partial charge in [-0.15, -0.1) is 0 Å². The second kappa shape index (κ2) is 9.35. The van der Waals surface area contributed by atoms with Crippen LogP contribution in [-0.2, 0) is 11.2 Å². The zero-order chi connectivity index (χ0) is 24.5. The minimum Gasteiger partial charge on any atom is -0.410 e. The van der Waals surface area contributed by atoms with Crippen molar-refractivity contribution in [2.45, 2.75) is 25.8 Å². The van der Waals surface area contributed by atoms with Crippen LogP contribution in [0.5, 0.6) is 5.75 Å². The van der Waals surface area contributed by atoms with Crippen LogP contribution in [-0.4, -0.2) is 28.4 Å². The van der Waals surface area contributed by atoms with Crippen LogP contribution >= 0.6 is 11.6 Å². The van der Waals surface area contributed by atoms with Gasteiger partial charge in [-0.25, -0.2) is 4.79 Å². The quantitative estimate of drug-likeness (QED) is 0.311. The molecule has 0 saturated heterocycles. The van der Waals surface area contributed by atoms with Crippen LogP contribution in [0.2, 0.25) is 5.02 Å². The Morgan fingerprint density at radius 2 is 1.86 bits per heavy atom. The Morgan fingerprint density at radius 1 is 1.11 bits per heavy atom. The second-order valence-corrected chi connectivity index (χ2v) is 8.95. The van der Waals surface area contributed by atoms with Crippen LogP contribution < -0.4 is 15.8 Å². The zero-order valence-corrected chi connectivity index (χ0v) is 19.9. The molecule has 1 aliphatic heterocycles. The summed E-state index contributed by atoms with van der Waals surface area (Å²) in [5.74, 6) is 0.366. The van der Waals surface area contributed by atoms with Gasteiger partial charge in [0.25, 0.3) is 0 Å². The molecule has 0 bridgehead atoms. The number of aromatic nitrogens is 1. The topological polar surface area (TPSA) is 100 Å². The van der Waals surface area contributed by atoms with Crippen molar-refractivity contribution in [1.29, 1.82) is 0 Å². The molecule has 0 radical (unpaired) electrons. The Balaban J connectivity index is 1.54. The Morgan fingerprint density at radius 3 is 2.57 bits per heavy atom. The molecule has 2 amide bonds. The SMILES string of the molecule is CCC(=O)Nc1ccc(C2c3[nH]c4ccc(N)cc4c3CCN2C(=O)Oc2ccc(Cl)cc2)cc1. The van der Waals surface area contributed by atoms with Gasteiger partial charge in [-0.1, -0.05) is 30.7 Å². The predicted molar refractivity (Wildman–Crippen MR) is 138 cm³/mol. The van der Waals surface area contributed by atoms with Gasteiger partial charge in [0.1, 0.15) is 11.8 Å². The van der Waals surface area contributed by atoms with Gasteiger partial charge in [0.15, 0.2) is 0 Å². The van der Waals surface area contributed by atoms with Crippen molar-refractivity contribution in [2.24, 2.45) is 0 Å². The Hall–Kier alpha value is -3.97. The number of benzene rings is 3. The van der Waals surface area contributed by atoms with Crippen LogP contribution in [0.3, 0.4) is 0 Å². The number of nitrogens with two attached hydrogens (primary N) is 1. The van der Waals surface area contributed by atoms with E-state index in [2.05, 4.69) is 10.3 Å². The highest BCUT2D eigenvalue weighted by Crippen LogP contribution is 2.39. The summed E-state index contributed by atoms with van der Waals surface area (Å²) < 4.78 is 5.70. The molecule has 2 heterocycles. The minimum absolute atomic E-state index is 0.0564. The third kappa shape index (κ3) is 4.55. The van der Waals surface area contributed by atoms with Crippen LogP contribution in [0.25, 0.3) is 10.9 Å². The summed E-state index contributed by atoms with van der Waals surface area (Å²) >= 11 is 5.97. The van der Waals surface area contributed by atoms with E-state index in [1.165, 1.54) is 0 Å². The molecule has 0 aliphatic carbocycles. The van der Waals surface area contributed by atoms with Crippen LogP contribution in [0.4, 0.5) is 16.2 Å². The standard InChI is InChI=1S/C27H25ClN4O3/c1-2-24(33)30-19-8-3-16(4-9-19)26-25-21(22-15-18(29)7-12-23(22)31-25)13-14-32(26)27(34)35-20-10-5-17(28)6-11-20/h3-12,15,26,31H,2,13-14,29H2,1H3,(H,30,33). The van der Waals surface area contributed by atoms with Crippen molar-refractivity contribution in [3.05, 3.63) is 88.6 Å². The molecule has 1 aliphatic rings. The van der Waals surface area contributed by atoms with Gasteiger partial charge < -0.3 is 20.8 Å². The van der Waals surface area contributed by atoms with E-state index >= 15 is 0 Å². The number of nitrogen functional groups attached to an aromatic ring is 1. The summed E-state index contributed by atoms with van der Waals surface area (Å²) in [7, 11) is 0. The first-order valence-corrected chi connectivity index (χ1v) is 11.8. The maximum Gasteiger partial charge on any atom is 0.416 e. The van der Waals surface area contributed by atoms with Crippen molar-refractivity contribution in [2.75, 3.05) is 17.6 Å². The van der Waals surface area contributed by atoms with Gasteiger partial charge in [-0.3, -0.25) is 9.69 Å². The van der Waals surface area contributed by atoms with Crippen molar-refractivity contribution in [3.8, 4) is 5.75 Å². The lowest BCUT2D eigenvalue weighted by Gasteiger charge is -2.35. The van der Waals surface area contributed by atoms with E-state index in [4.69, 9.17) is 22.1 Å². The van der Waals surface area contributed by atoms with E-state index in [9.17, 15) is 9.59 Å². The highest BCUT2D eigenvalue weighted by atomic mass is 35.5. The van der Waals surface area contributed by atoms with E-state index in [-0.39, 0.29) is 5.91 Å². The summed E-state index contributed by atoms with van der Waals surface area (Å²) in [4.78, 5) is 30.4. The van der Waals surface area contributed by atoms with E-state index in [1.807, 2.05) is 42.5 Å². The normalized spacial score (nSPS) is 15.0. The molecule has 1 unspecified atom stereocenters. The van der Waals surface area contributed by atoms with Gasteiger partial charge >= 0.3 is 6.09 Å². The molecular weight excluding hydrogens is 464 g/mol. The number of carbonyl (C=O) groups is 2. The summed E-state index contributed by atoms with van der Waals surface area (Å²) in [6.07, 6.45) is 0.607. The fourth-order valence-electron chi connectivity index (χ4n) is 4.51. The number of nitrogens with zero attached hydrogens (tertiary/aromatic N) is 1. The third-order valence-electron chi connectivity index (χ3n) is 6.24. The first kappa shape index (κ1) is 22.8. The van der Waals surface area contributed by atoms with Crippen molar-refractivity contribution < 1.29 is 14.3 Å². The number of rotatable bonds is 4. The number of fused-ring (bicyclic) bond motifs is 3. The lowest BCUT2D eigenvalue weighted by atomic mass is 9.92. The number of halogens is 1. The van der Waals surface area contributed by atoms with Gasteiger partial charge in [0, 0.05) is 46.0 Å². The number of aromatic amines is 1. The highest BCUT2D eigenvalue weighted by molar-refractivity contribution is 6.30. The zero-order valence-electron chi connectivity index (χ0n) is 19.2. The first-order valence-electron chi connectivity index (χ1n) is 11.5. The largest absolute Gasteiger partial charge is 0.416 e. The first-order chi connectivity index (χ1) is 16.9. The van der Waals surface area contributed by atoms with Gasteiger partial charge in [0.05, 0.1) is 0 Å². The van der Waals surface area contributed by atoms with Crippen LogP contribution in [0, 0.1) is 0 Å². The molecule has 4 aromatic rings. The number of amides is 2. The molecule has 35 heavy (non-hydrogen) atoms. The fraction of sp³-hybridized carbons (Fsp3) is 0.185. The van der Waals surface area contributed by atoms with Crippen molar-refractivity contribution in [3.63, 3.8) is 0 Å². The van der Waals surface area contributed by atoms with Gasteiger partial charge in [0.2, 0.25) is 5.91 Å². The highest BCUT2D eigenvalue weighted by Gasteiger charge is 2.35. The summed E-state index contributed by atoms with van der Waals surface area (Å²) in [5, 5.41) is 4.49. The Labute approximate surface area is 207 Å². The van der Waals surface area contributed by atoms with Gasteiger partial charge in [-0.2, -0.15) is 0 Å². The fourth-order valence-corrected chi connectivity index (χ4v) is 4.64. The van der Waals surface area contributed by atoms with Crippen LogP contribution in [0.1, 0.15) is 36.2 Å². The molecule has 0 fully saturated rings. The lowest BCUT2D eigenvalue weighted by Crippen LogP contribution is -2.42. The van der Waals surface area contributed by atoms with Crippen molar-refractivity contribution in [1.82, 2.24) is 9.88 Å². The summed E-state index contributed by atoms with van der Waals surface area (Å²) in [6, 6.07) is 19.6. The van der Waals surface area contributed by atoms with E-state index in [1.54, 1.807) is 36.1 Å². The van der Waals surface area contributed by atoms with Crippen LogP contribution in [0.15, 0.2) is 66.7 Å². The van der Waals surface area contributed by atoms with E-state index < -0.39 is 12.1 Å². The maximum atomic E-state index is 13.3. The Kier molecular flexibility index (Phi) is 6.09. The molecule has 0 spiro atoms. The molecule has 178 valence electrons. The van der Waals surface area contributed by atoms with Gasteiger partial charge in [-0.05, 0) is 72.1 Å². The third-order valence-corrected chi connectivity index (χ3v) is 6.49. The molecule has 1 aromatic heterocycles. The monoisotopic (exact) mass is 488 g/mol. The molecular formula is C27H25ClN4O3. The van der Waals surface area contributed by atoms with E-state index in [0.29, 0.717) is 41.5 Å². The summed E-state index contributed by atoms with van der Waals surface area (Å²) in [6.45, 7) is 2.28. The number of nitrogens with one attached hydrogen (secondary N) is 2. The number of anilines is 2. The molecule has 1 atom stereocenters. The molecule has 8 heteroatoms. The average molecular weight is 489 g/mol. The lowest BCUT2D eigenvalue weighted by molar-refractivity contribution is -0.115. The number of hydrogen-bond acceptors (Lipinski definition) is 4. The molecule has 4 N–H and O–H groups in total. The minimum atomic E-state index is -0.454. The summed E-state index contributed by atoms with van der Waals surface area (Å²) in [5.41, 5.74) is 11.4. The smallest absolute Gasteiger partial charge is 0.410 e. The molecule has 5 rings (SSSR count). The molecule has 3 aromatic carbocycles. The average Bonchev–Trinajstić information content (AvgIpc) is 3.23. The van der Waals surface area contributed by atoms with E-state index in [0.717, 1.165) is 27.7 Å². The molecule has 7 nitrogen and oxygen atoms in total. The molecule has 0 saturated carbocycles. The maximum absolute atomic E-state index is 13.3. The number of H-pyrrole nitrogens is 1. The number of carbonyl (C=O) groups excluding carboxylic acids is 2. The van der Waals surface area contributed by atoms with Crippen molar-refractivity contribution >= 4 is 45.9 Å². The Bertz CT molecular complexity index is 1400. The number of ether oxygens (including phenoxy) is 1. The predicted octanol–water partition coefficient (Wildman–Crippen LogP) is 5.90.